The summed E-state index contributed by atoms with van der Waals surface area (Å²) in [5.41, 5.74) is 8.92. The van der Waals surface area contributed by atoms with Gasteiger partial charge < -0.3 is 0 Å². The van der Waals surface area contributed by atoms with Crippen molar-refractivity contribution in [2.75, 3.05) is 0 Å². The Balaban J connectivity index is 1.33. The third-order valence-corrected chi connectivity index (χ3v) is 9.06. The largest absolute Gasteiger partial charge is 0.292 e. The minimum absolute atomic E-state index is 0.922. The van der Waals surface area contributed by atoms with Crippen LogP contribution in [0.3, 0.4) is 0 Å². The summed E-state index contributed by atoms with van der Waals surface area (Å²) in [5.74, 6) is 0.922. The summed E-state index contributed by atoms with van der Waals surface area (Å²) in [6.07, 6.45) is 0. The van der Waals surface area contributed by atoms with Crippen molar-refractivity contribution in [3.05, 3.63) is 158 Å². The van der Waals surface area contributed by atoms with Gasteiger partial charge in [-0.2, -0.15) is 0 Å². The number of nitrogens with zero attached hydrogens (tertiary/aromatic N) is 2. The van der Waals surface area contributed by atoms with E-state index in [9.17, 15) is 0 Å². The fourth-order valence-corrected chi connectivity index (χ4v) is 7.11. The predicted molar refractivity (Wildman–Crippen MR) is 178 cm³/mol. The molecular formula is C39H26N2S. The quantitative estimate of drug-likeness (QED) is 0.207. The highest BCUT2D eigenvalue weighted by molar-refractivity contribution is 7.26. The normalized spacial score (nSPS) is 11.3. The van der Waals surface area contributed by atoms with Gasteiger partial charge in [0.25, 0.3) is 0 Å². The molecule has 6 aromatic carbocycles. The van der Waals surface area contributed by atoms with Crippen LogP contribution >= 0.6 is 11.3 Å². The topological polar surface area (TPSA) is 17.8 Å². The molecule has 0 bridgehead atoms. The van der Waals surface area contributed by atoms with E-state index >= 15 is 0 Å². The Bertz CT molecular complexity index is 2160. The number of benzene rings is 6. The molecule has 2 nitrogen and oxygen atoms in total. The van der Waals surface area contributed by atoms with Crippen molar-refractivity contribution in [2.45, 2.75) is 0 Å². The molecule has 0 saturated heterocycles. The number of hydrogen-bond acceptors (Lipinski definition) is 2. The van der Waals surface area contributed by atoms with Crippen molar-refractivity contribution in [1.29, 1.82) is 0 Å². The van der Waals surface area contributed by atoms with Gasteiger partial charge >= 0.3 is 0 Å². The van der Waals surface area contributed by atoms with Crippen LogP contribution in [0.25, 0.3) is 70.9 Å². The van der Waals surface area contributed by atoms with Crippen molar-refractivity contribution in [3.8, 4) is 50.7 Å². The zero-order chi connectivity index (χ0) is 27.9. The molecule has 0 N–H and O–H groups in total. The van der Waals surface area contributed by atoms with Gasteiger partial charge in [-0.25, -0.2) is 4.98 Å². The molecule has 0 saturated carbocycles. The number of thiophene rings is 1. The maximum absolute atomic E-state index is 5.35. The Labute approximate surface area is 248 Å². The molecule has 0 atom stereocenters. The number of rotatable bonds is 5. The molecule has 8 aromatic rings. The molecule has 0 unspecified atom stereocenters. The lowest BCUT2D eigenvalue weighted by molar-refractivity contribution is 1.07. The number of fused-ring (bicyclic) bond motifs is 3. The van der Waals surface area contributed by atoms with Crippen LogP contribution < -0.4 is 0 Å². The summed E-state index contributed by atoms with van der Waals surface area (Å²) < 4.78 is 4.96. The average Bonchev–Trinajstić information content (AvgIpc) is 3.66. The van der Waals surface area contributed by atoms with Gasteiger partial charge in [-0.1, -0.05) is 140 Å². The highest BCUT2D eigenvalue weighted by Crippen LogP contribution is 2.41. The van der Waals surface area contributed by atoms with Crippen LogP contribution in [0.15, 0.2) is 158 Å². The molecule has 0 spiro atoms. The van der Waals surface area contributed by atoms with Crippen LogP contribution in [-0.4, -0.2) is 9.55 Å². The second kappa shape index (κ2) is 10.3. The fraction of sp³-hybridized carbons (Fsp3) is 0. The lowest BCUT2D eigenvalue weighted by Gasteiger charge is -2.14. The van der Waals surface area contributed by atoms with Gasteiger partial charge in [-0.05, 0) is 29.3 Å². The first-order chi connectivity index (χ1) is 20.8. The van der Waals surface area contributed by atoms with Gasteiger partial charge in [-0.3, -0.25) is 4.57 Å². The van der Waals surface area contributed by atoms with Crippen LogP contribution in [0.4, 0.5) is 0 Å². The first-order valence-corrected chi connectivity index (χ1v) is 15.0. The first kappa shape index (κ1) is 24.5. The van der Waals surface area contributed by atoms with E-state index in [1.165, 1.54) is 31.3 Å². The van der Waals surface area contributed by atoms with Crippen molar-refractivity contribution >= 4 is 31.5 Å². The molecule has 2 heterocycles. The van der Waals surface area contributed by atoms with Gasteiger partial charge in [-0.15, -0.1) is 11.3 Å². The molecule has 42 heavy (non-hydrogen) atoms. The molecule has 2 aromatic heterocycles. The second-order valence-electron chi connectivity index (χ2n) is 10.4. The first-order valence-electron chi connectivity index (χ1n) is 14.2. The predicted octanol–water partition coefficient (Wildman–Crippen LogP) is 10.9. The highest BCUT2D eigenvalue weighted by Gasteiger charge is 2.22. The van der Waals surface area contributed by atoms with Gasteiger partial charge in [0.1, 0.15) is 5.82 Å². The number of hydrogen-bond donors (Lipinski definition) is 0. The van der Waals surface area contributed by atoms with Gasteiger partial charge in [0, 0.05) is 42.6 Å². The van der Waals surface area contributed by atoms with Crippen LogP contribution in [0.2, 0.25) is 0 Å². The Morgan fingerprint density at radius 1 is 0.452 bits per heavy atom. The second-order valence-corrected chi connectivity index (χ2v) is 11.4. The van der Waals surface area contributed by atoms with Crippen molar-refractivity contribution in [1.82, 2.24) is 9.55 Å². The van der Waals surface area contributed by atoms with Crippen LogP contribution in [0.1, 0.15) is 0 Å². The van der Waals surface area contributed by atoms with E-state index in [1.807, 2.05) is 11.3 Å². The number of para-hydroxylation sites is 1. The summed E-state index contributed by atoms with van der Waals surface area (Å²) in [4.78, 5) is 5.35. The fourth-order valence-electron chi connectivity index (χ4n) is 5.88. The lowest BCUT2D eigenvalue weighted by Crippen LogP contribution is -2.00. The summed E-state index contributed by atoms with van der Waals surface area (Å²) in [5, 5.41) is 2.64. The Morgan fingerprint density at radius 3 is 1.79 bits per heavy atom. The third-order valence-electron chi connectivity index (χ3n) is 7.84. The SMILES string of the molecule is c1ccc(-c2nc(-c3ccc(-c4cccc5c4sc4ccccc45)cc3)n(-c3ccccc3)c2-c2ccccc2)cc1. The zero-order valence-electron chi connectivity index (χ0n) is 22.8. The molecule has 0 amide bonds. The van der Waals surface area contributed by atoms with E-state index in [-0.39, 0.29) is 0 Å². The van der Waals surface area contributed by atoms with Crippen molar-refractivity contribution in [3.63, 3.8) is 0 Å². The van der Waals surface area contributed by atoms with E-state index in [0.29, 0.717) is 0 Å². The maximum atomic E-state index is 5.35. The minimum Gasteiger partial charge on any atom is -0.292 e. The average molecular weight is 555 g/mol. The summed E-state index contributed by atoms with van der Waals surface area (Å²) in [6, 6.07) is 55.8. The molecule has 3 heteroatoms. The van der Waals surface area contributed by atoms with Crippen LogP contribution in [0, 0.1) is 0 Å². The smallest absolute Gasteiger partial charge is 0.145 e. The molecule has 0 aliphatic heterocycles. The van der Waals surface area contributed by atoms with Crippen LogP contribution in [0.5, 0.6) is 0 Å². The minimum atomic E-state index is 0.922. The van der Waals surface area contributed by atoms with E-state index in [1.54, 1.807) is 0 Å². The van der Waals surface area contributed by atoms with E-state index in [4.69, 9.17) is 4.98 Å². The molecule has 0 aliphatic rings. The molecule has 8 rings (SSSR count). The van der Waals surface area contributed by atoms with Crippen molar-refractivity contribution in [2.24, 2.45) is 0 Å². The van der Waals surface area contributed by atoms with E-state index < -0.39 is 0 Å². The summed E-state index contributed by atoms with van der Waals surface area (Å²) in [7, 11) is 0. The molecule has 0 fully saturated rings. The standard InChI is InChI=1S/C39H26N2S/c1-4-13-28(14-5-1)36-37(29-15-6-2-7-16-29)41(31-17-8-3-9-18-31)39(40-36)30-25-23-27(24-26-30)32-20-12-21-34-33-19-10-11-22-35(33)42-38(32)34/h1-26H. The Kier molecular flexibility index (Phi) is 6.02. The monoisotopic (exact) mass is 554 g/mol. The zero-order valence-corrected chi connectivity index (χ0v) is 23.6. The Hall–Kier alpha value is -5.25. The van der Waals surface area contributed by atoms with Crippen molar-refractivity contribution < 1.29 is 0 Å². The van der Waals surface area contributed by atoms with E-state index in [0.717, 1.165) is 39.6 Å². The highest BCUT2D eigenvalue weighted by atomic mass is 32.1. The third kappa shape index (κ3) is 4.14. The van der Waals surface area contributed by atoms with Gasteiger partial charge in [0.2, 0.25) is 0 Å². The molecule has 198 valence electrons. The molecule has 0 aliphatic carbocycles. The number of aromatic nitrogens is 2. The number of imidazole rings is 1. The Morgan fingerprint density at radius 2 is 1.05 bits per heavy atom. The summed E-state index contributed by atoms with van der Waals surface area (Å²) in [6.45, 7) is 0. The lowest BCUT2D eigenvalue weighted by atomic mass is 10.0. The summed E-state index contributed by atoms with van der Waals surface area (Å²) >= 11 is 1.87. The van der Waals surface area contributed by atoms with E-state index in [2.05, 4.69) is 162 Å². The van der Waals surface area contributed by atoms with Gasteiger partial charge in [0.15, 0.2) is 0 Å². The van der Waals surface area contributed by atoms with Gasteiger partial charge in [0.05, 0.1) is 11.4 Å². The molecule has 0 radical (unpaired) electrons. The van der Waals surface area contributed by atoms with Crippen LogP contribution in [-0.2, 0) is 0 Å². The maximum Gasteiger partial charge on any atom is 0.145 e. The molecular weight excluding hydrogens is 529 g/mol.